The summed E-state index contributed by atoms with van der Waals surface area (Å²) in [5.41, 5.74) is 1.82. The lowest BCUT2D eigenvalue weighted by Crippen LogP contribution is -2.23. The molecular formula is C14H16N4O2. The summed E-state index contributed by atoms with van der Waals surface area (Å²) in [5.74, 6) is -0.615. The second-order valence-corrected chi connectivity index (χ2v) is 4.53. The third-order valence-electron chi connectivity index (χ3n) is 2.89. The number of carbonyl (C=O) groups is 1. The zero-order chi connectivity index (χ0) is 14.5. The third kappa shape index (κ3) is 3.50. The molecule has 0 spiro atoms. The fourth-order valence-electron chi connectivity index (χ4n) is 1.78. The lowest BCUT2D eigenvalue weighted by atomic mass is 10.2. The van der Waals surface area contributed by atoms with E-state index in [-0.39, 0.29) is 5.69 Å². The second-order valence-electron chi connectivity index (χ2n) is 4.53. The largest absolute Gasteiger partial charge is 0.477 e. The van der Waals surface area contributed by atoms with Gasteiger partial charge >= 0.3 is 5.97 Å². The van der Waals surface area contributed by atoms with Gasteiger partial charge in [-0.05, 0) is 37.1 Å². The van der Waals surface area contributed by atoms with Crippen LogP contribution in [0.5, 0.6) is 0 Å². The first-order valence-corrected chi connectivity index (χ1v) is 6.25. The van der Waals surface area contributed by atoms with Crippen molar-refractivity contribution < 1.29 is 9.90 Å². The number of aryl methyl sites for hydroxylation is 1. The Labute approximate surface area is 117 Å². The second kappa shape index (κ2) is 6.10. The molecule has 6 nitrogen and oxygen atoms in total. The van der Waals surface area contributed by atoms with Gasteiger partial charge in [-0.15, -0.1) is 0 Å². The van der Waals surface area contributed by atoms with E-state index < -0.39 is 5.97 Å². The van der Waals surface area contributed by atoms with Crippen LogP contribution >= 0.6 is 0 Å². The molecule has 2 aromatic heterocycles. The van der Waals surface area contributed by atoms with E-state index in [4.69, 9.17) is 5.11 Å². The van der Waals surface area contributed by atoms with Gasteiger partial charge in [0.1, 0.15) is 0 Å². The van der Waals surface area contributed by atoms with E-state index in [1.54, 1.807) is 19.3 Å². The molecule has 0 aliphatic heterocycles. The number of rotatable bonds is 5. The zero-order valence-electron chi connectivity index (χ0n) is 11.4. The molecule has 0 radical (unpaired) electrons. The van der Waals surface area contributed by atoms with Gasteiger partial charge in [0.25, 0.3) is 0 Å². The highest BCUT2D eigenvalue weighted by Crippen LogP contribution is 2.10. The summed E-state index contributed by atoms with van der Waals surface area (Å²) >= 11 is 0. The lowest BCUT2D eigenvalue weighted by Gasteiger charge is -2.17. The van der Waals surface area contributed by atoms with Crippen LogP contribution in [0.3, 0.4) is 0 Å². The van der Waals surface area contributed by atoms with Gasteiger partial charge in [-0.2, -0.15) is 0 Å². The Kier molecular flexibility index (Phi) is 4.24. The molecule has 2 rings (SSSR count). The maximum absolute atomic E-state index is 11.0. The van der Waals surface area contributed by atoms with Crippen LogP contribution in [-0.2, 0) is 6.42 Å². The Morgan fingerprint density at radius 1 is 1.30 bits per heavy atom. The van der Waals surface area contributed by atoms with Crippen LogP contribution in [0.1, 0.15) is 21.7 Å². The predicted molar refractivity (Wildman–Crippen MR) is 74.9 cm³/mol. The third-order valence-corrected chi connectivity index (χ3v) is 2.89. The van der Waals surface area contributed by atoms with Gasteiger partial charge in [-0.1, -0.05) is 0 Å². The number of hydrogen-bond acceptors (Lipinski definition) is 5. The fourth-order valence-corrected chi connectivity index (χ4v) is 1.78. The monoisotopic (exact) mass is 272 g/mol. The van der Waals surface area contributed by atoms with Crippen molar-refractivity contribution in [3.8, 4) is 0 Å². The van der Waals surface area contributed by atoms with Crippen molar-refractivity contribution in [2.45, 2.75) is 13.3 Å². The first kappa shape index (κ1) is 13.9. The molecule has 1 N–H and O–H groups in total. The molecular weight excluding hydrogens is 256 g/mol. The zero-order valence-corrected chi connectivity index (χ0v) is 11.4. The molecule has 0 unspecified atom stereocenters. The van der Waals surface area contributed by atoms with Gasteiger partial charge in [0.15, 0.2) is 5.69 Å². The van der Waals surface area contributed by atoms with Crippen LogP contribution in [0, 0.1) is 6.92 Å². The SMILES string of the molecule is Cc1cc(C(=O)O)nc(N(C)CCc2ccncc2)n1. The molecule has 2 aromatic rings. The van der Waals surface area contributed by atoms with E-state index in [1.807, 2.05) is 24.1 Å². The number of anilines is 1. The summed E-state index contributed by atoms with van der Waals surface area (Å²) in [5, 5.41) is 9.01. The highest BCUT2D eigenvalue weighted by atomic mass is 16.4. The predicted octanol–water partition coefficient (Wildman–Crippen LogP) is 1.56. The van der Waals surface area contributed by atoms with Crippen molar-refractivity contribution in [3.63, 3.8) is 0 Å². The van der Waals surface area contributed by atoms with Crippen LogP contribution in [0.2, 0.25) is 0 Å². The van der Waals surface area contributed by atoms with E-state index in [2.05, 4.69) is 15.0 Å². The fraction of sp³-hybridized carbons (Fsp3) is 0.286. The Hall–Kier alpha value is -2.50. The number of nitrogens with zero attached hydrogens (tertiary/aromatic N) is 4. The lowest BCUT2D eigenvalue weighted by molar-refractivity contribution is 0.0690. The van der Waals surface area contributed by atoms with E-state index in [9.17, 15) is 4.79 Å². The summed E-state index contributed by atoms with van der Waals surface area (Å²) < 4.78 is 0. The minimum Gasteiger partial charge on any atom is -0.477 e. The maximum atomic E-state index is 11.0. The summed E-state index contributed by atoms with van der Waals surface area (Å²) in [4.78, 5) is 25.1. The van der Waals surface area contributed by atoms with Crippen LogP contribution < -0.4 is 4.90 Å². The van der Waals surface area contributed by atoms with Crippen molar-refractivity contribution in [2.75, 3.05) is 18.5 Å². The summed E-state index contributed by atoms with van der Waals surface area (Å²) in [6.07, 6.45) is 4.32. The summed E-state index contributed by atoms with van der Waals surface area (Å²) in [7, 11) is 1.85. The average molecular weight is 272 g/mol. The van der Waals surface area contributed by atoms with Gasteiger partial charge in [0.05, 0.1) is 0 Å². The van der Waals surface area contributed by atoms with E-state index in [0.29, 0.717) is 18.2 Å². The minimum atomic E-state index is -1.04. The van der Waals surface area contributed by atoms with Crippen LogP contribution in [0.15, 0.2) is 30.6 Å². The number of hydrogen-bond donors (Lipinski definition) is 1. The molecule has 2 heterocycles. The normalized spacial score (nSPS) is 10.3. The van der Waals surface area contributed by atoms with Gasteiger partial charge in [-0.3, -0.25) is 4.98 Å². The smallest absolute Gasteiger partial charge is 0.354 e. The first-order valence-electron chi connectivity index (χ1n) is 6.25. The maximum Gasteiger partial charge on any atom is 0.354 e. The van der Waals surface area contributed by atoms with E-state index in [0.717, 1.165) is 12.0 Å². The number of carboxylic acid groups (broad SMARTS) is 1. The molecule has 0 amide bonds. The van der Waals surface area contributed by atoms with Crippen LogP contribution in [-0.4, -0.2) is 39.6 Å². The van der Waals surface area contributed by atoms with Crippen molar-refractivity contribution in [1.29, 1.82) is 0 Å². The quantitative estimate of drug-likeness (QED) is 0.889. The molecule has 0 fully saturated rings. The van der Waals surface area contributed by atoms with E-state index in [1.165, 1.54) is 6.07 Å². The number of carboxylic acids is 1. The molecule has 0 saturated heterocycles. The van der Waals surface area contributed by atoms with Crippen molar-refractivity contribution in [1.82, 2.24) is 15.0 Å². The van der Waals surface area contributed by atoms with Gasteiger partial charge in [-0.25, -0.2) is 14.8 Å². The Morgan fingerprint density at radius 2 is 2.00 bits per heavy atom. The van der Waals surface area contributed by atoms with Crippen molar-refractivity contribution in [3.05, 3.63) is 47.5 Å². The Bertz CT molecular complexity index is 601. The molecule has 0 aromatic carbocycles. The summed E-state index contributed by atoms with van der Waals surface area (Å²) in [6, 6.07) is 5.36. The van der Waals surface area contributed by atoms with E-state index >= 15 is 0 Å². The number of aromatic carboxylic acids is 1. The molecule has 0 bridgehead atoms. The minimum absolute atomic E-state index is 0.0169. The van der Waals surface area contributed by atoms with Crippen molar-refractivity contribution in [2.24, 2.45) is 0 Å². The van der Waals surface area contributed by atoms with Gasteiger partial charge in [0, 0.05) is 31.7 Å². The molecule has 6 heteroatoms. The molecule has 0 atom stereocenters. The topological polar surface area (TPSA) is 79.2 Å². The molecule has 0 aliphatic rings. The highest BCUT2D eigenvalue weighted by Gasteiger charge is 2.11. The van der Waals surface area contributed by atoms with Gasteiger partial charge in [0.2, 0.25) is 5.95 Å². The summed E-state index contributed by atoms with van der Waals surface area (Å²) in [6.45, 7) is 2.46. The highest BCUT2D eigenvalue weighted by molar-refractivity contribution is 5.85. The van der Waals surface area contributed by atoms with Crippen LogP contribution in [0.4, 0.5) is 5.95 Å². The Balaban J connectivity index is 2.09. The molecule has 0 aliphatic carbocycles. The first-order chi connectivity index (χ1) is 9.56. The number of aromatic nitrogens is 3. The Morgan fingerprint density at radius 3 is 2.65 bits per heavy atom. The van der Waals surface area contributed by atoms with Crippen molar-refractivity contribution >= 4 is 11.9 Å². The van der Waals surface area contributed by atoms with Crippen LogP contribution in [0.25, 0.3) is 0 Å². The number of likely N-dealkylation sites (N-methyl/N-ethyl adjacent to an activating group) is 1. The molecule has 104 valence electrons. The molecule has 0 saturated carbocycles. The average Bonchev–Trinajstić information content (AvgIpc) is 2.45. The number of pyridine rings is 1. The van der Waals surface area contributed by atoms with Gasteiger partial charge < -0.3 is 10.0 Å². The molecule has 20 heavy (non-hydrogen) atoms. The standard InChI is InChI=1S/C14H16N4O2/c1-10-9-12(13(19)20)17-14(16-10)18(2)8-5-11-3-6-15-7-4-11/h3-4,6-7,9H,5,8H2,1-2H3,(H,19,20).